The molecule has 0 fully saturated rings. The van der Waals surface area contributed by atoms with Crippen molar-refractivity contribution in [1.82, 2.24) is 4.57 Å². The Balaban J connectivity index is 1.05. The van der Waals surface area contributed by atoms with E-state index in [-0.39, 0.29) is 0 Å². The lowest BCUT2D eigenvalue weighted by atomic mass is 9.98. The molecule has 0 aliphatic carbocycles. The fourth-order valence-corrected chi connectivity index (χ4v) is 9.86. The second kappa shape index (κ2) is 13.6. The van der Waals surface area contributed by atoms with E-state index in [0.717, 1.165) is 94.1 Å². The average molecular weight is 793 g/mol. The van der Waals surface area contributed by atoms with Crippen LogP contribution in [-0.4, -0.2) is 4.57 Å². The Morgan fingerprint density at radius 2 is 0.968 bits per heavy atom. The van der Waals surface area contributed by atoms with Gasteiger partial charge >= 0.3 is 0 Å². The van der Waals surface area contributed by atoms with Gasteiger partial charge in [-0.2, -0.15) is 0 Å². The first kappa shape index (κ1) is 34.5. The molecule has 10 aromatic carbocycles. The molecule has 0 unspecified atom stereocenters. The van der Waals surface area contributed by atoms with E-state index in [0.29, 0.717) is 0 Å². The van der Waals surface area contributed by atoms with Gasteiger partial charge in [-0.25, -0.2) is 0 Å². The van der Waals surface area contributed by atoms with Crippen molar-refractivity contribution in [2.75, 3.05) is 4.90 Å². The van der Waals surface area contributed by atoms with E-state index in [9.17, 15) is 0 Å². The van der Waals surface area contributed by atoms with E-state index in [1.807, 2.05) is 12.1 Å². The smallest absolute Gasteiger partial charge is 0.143 e. The number of hydrogen-bond donors (Lipinski definition) is 0. The number of benzene rings is 10. The van der Waals surface area contributed by atoms with Gasteiger partial charge in [0.25, 0.3) is 0 Å². The van der Waals surface area contributed by atoms with Crippen molar-refractivity contribution in [2.45, 2.75) is 0 Å². The third kappa shape index (κ3) is 5.20. The first-order valence-corrected chi connectivity index (χ1v) is 21.1. The van der Waals surface area contributed by atoms with Gasteiger partial charge in [0.2, 0.25) is 0 Å². The van der Waals surface area contributed by atoms with Crippen LogP contribution in [-0.2, 0) is 0 Å². The minimum Gasteiger partial charge on any atom is -0.455 e. The third-order valence-corrected chi connectivity index (χ3v) is 12.6. The number of furan rings is 2. The van der Waals surface area contributed by atoms with Crippen LogP contribution in [0.5, 0.6) is 0 Å². The Morgan fingerprint density at radius 3 is 1.82 bits per heavy atom. The van der Waals surface area contributed by atoms with Gasteiger partial charge in [0.15, 0.2) is 0 Å². The SMILES string of the molecule is c1ccc(-n2c3ccccc3c3c(-c4cccc(N(c5cccc(-c6cccc7c6oc6ccccc67)c5)c5cccc6oc7c8ccccc8ccc7c56)c4)cccc32)cc1. The van der Waals surface area contributed by atoms with Gasteiger partial charge in [0.1, 0.15) is 22.3 Å². The van der Waals surface area contributed by atoms with Crippen LogP contribution in [0.25, 0.3) is 104 Å². The molecule has 13 rings (SSSR count). The van der Waals surface area contributed by atoms with Crippen LogP contribution in [0.2, 0.25) is 0 Å². The minimum absolute atomic E-state index is 0.844. The highest BCUT2D eigenvalue weighted by Crippen LogP contribution is 2.47. The predicted molar refractivity (Wildman–Crippen MR) is 258 cm³/mol. The molecule has 0 saturated heterocycles. The molecule has 0 N–H and O–H groups in total. The highest BCUT2D eigenvalue weighted by Gasteiger charge is 2.23. The maximum atomic E-state index is 6.78. The summed E-state index contributed by atoms with van der Waals surface area (Å²) in [6.45, 7) is 0. The van der Waals surface area contributed by atoms with Gasteiger partial charge in [0, 0.05) is 54.9 Å². The van der Waals surface area contributed by atoms with Crippen molar-refractivity contribution >= 4 is 93.5 Å². The fraction of sp³-hybridized carbons (Fsp3) is 0. The highest BCUT2D eigenvalue weighted by molar-refractivity contribution is 6.20. The van der Waals surface area contributed by atoms with Gasteiger partial charge in [0.05, 0.1) is 22.1 Å². The molecule has 3 heterocycles. The maximum absolute atomic E-state index is 6.78. The van der Waals surface area contributed by atoms with Gasteiger partial charge in [-0.1, -0.05) is 146 Å². The third-order valence-electron chi connectivity index (χ3n) is 12.6. The Labute approximate surface area is 356 Å². The summed E-state index contributed by atoms with van der Waals surface area (Å²) in [7, 11) is 0. The van der Waals surface area contributed by atoms with Crippen LogP contribution < -0.4 is 4.90 Å². The molecule has 0 spiro atoms. The lowest BCUT2D eigenvalue weighted by Crippen LogP contribution is -2.10. The number of para-hydroxylation sites is 4. The quantitative estimate of drug-likeness (QED) is 0.168. The van der Waals surface area contributed by atoms with Gasteiger partial charge in [-0.05, 0) is 94.9 Å². The lowest BCUT2D eigenvalue weighted by molar-refractivity contribution is 0.670. The van der Waals surface area contributed by atoms with Gasteiger partial charge in [-0.15, -0.1) is 0 Å². The van der Waals surface area contributed by atoms with E-state index in [2.05, 4.69) is 216 Å². The van der Waals surface area contributed by atoms with Crippen LogP contribution in [0.1, 0.15) is 0 Å². The predicted octanol–water partition coefficient (Wildman–Crippen LogP) is 16.5. The molecule has 13 aromatic rings. The summed E-state index contributed by atoms with van der Waals surface area (Å²) in [4.78, 5) is 2.39. The second-order valence-electron chi connectivity index (χ2n) is 16.0. The van der Waals surface area contributed by atoms with E-state index < -0.39 is 0 Å². The molecule has 0 atom stereocenters. The van der Waals surface area contributed by atoms with E-state index in [1.54, 1.807) is 0 Å². The van der Waals surface area contributed by atoms with Crippen molar-refractivity contribution in [1.29, 1.82) is 0 Å². The van der Waals surface area contributed by atoms with Gasteiger partial charge in [-0.3, -0.25) is 0 Å². The first-order valence-electron chi connectivity index (χ1n) is 21.1. The van der Waals surface area contributed by atoms with Crippen LogP contribution >= 0.6 is 0 Å². The second-order valence-corrected chi connectivity index (χ2v) is 16.0. The molecule has 4 nitrogen and oxygen atoms in total. The van der Waals surface area contributed by atoms with Crippen molar-refractivity contribution in [2.24, 2.45) is 0 Å². The Morgan fingerprint density at radius 1 is 0.355 bits per heavy atom. The molecule has 290 valence electrons. The van der Waals surface area contributed by atoms with Crippen molar-refractivity contribution in [3.63, 3.8) is 0 Å². The molecule has 0 aliphatic heterocycles. The number of anilines is 3. The standard InChI is InChI=1S/C58H36N2O2/c1-2-18-40(19-3-1)60-50-28-8-6-24-48(50)55-43(25-13-29-51(55)60)38-16-10-20-41(35-38)59(52-30-14-32-54-56(52)49-34-33-37-15-4-5-22-44(37)58(49)62-54)42-21-11-17-39(36-42)45-26-12-27-47-46-23-7-9-31-53(46)61-57(45)47/h1-36H. The maximum Gasteiger partial charge on any atom is 0.143 e. The van der Waals surface area contributed by atoms with Crippen LogP contribution in [0.4, 0.5) is 17.1 Å². The molecule has 0 saturated carbocycles. The number of fused-ring (bicyclic) bond motifs is 11. The van der Waals surface area contributed by atoms with E-state index in [4.69, 9.17) is 8.83 Å². The number of rotatable bonds is 6. The number of nitrogens with zero attached hydrogens (tertiary/aromatic N) is 2. The molecule has 0 radical (unpaired) electrons. The summed E-state index contributed by atoms with van der Waals surface area (Å²) in [6, 6.07) is 77.9. The number of aromatic nitrogens is 1. The topological polar surface area (TPSA) is 34.5 Å². The van der Waals surface area contributed by atoms with Crippen LogP contribution in [0.3, 0.4) is 0 Å². The zero-order valence-electron chi connectivity index (χ0n) is 33.5. The summed E-state index contributed by atoms with van der Waals surface area (Å²) in [5, 5.41) is 9.08. The average Bonchev–Trinajstić information content (AvgIpc) is 4.03. The molecular formula is C58H36N2O2. The monoisotopic (exact) mass is 792 g/mol. The molecule has 0 aliphatic rings. The number of hydrogen-bond acceptors (Lipinski definition) is 3. The van der Waals surface area contributed by atoms with E-state index >= 15 is 0 Å². The van der Waals surface area contributed by atoms with Crippen molar-refractivity contribution in [3.8, 4) is 27.9 Å². The Bertz CT molecular complexity index is 3890. The fourth-order valence-electron chi connectivity index (χ4n) is 9.86. The zero-order valence-corrected chi connectivity index (χ0v) is 33.5. The van der Waals surface area contributed by atoms with E-state index in [1.165, 1.54) is 27.4 Å². The molecule has 0 bridgehead atoms. The van der Waals surface area contributed by atoms with Crippen molar-refractivity contribution in [3.05, 3.63) is 218 Å². The lowest BCUT2D eigenvalue weighted by Gasteiger charge is -2.27. The van der Waals surface area contributed by atoms with Gasteiger partial charge < -0.3 is 18.3 Å². The molecular weight excluding hydrogens is 757 g/mol. The largest absolute Gasteiger partial charge is 0.455 e. The molecule has 0 amide bonds. The highest BCUT2D eigenvalue weighted by atomic mass is 16.3. The molecule has 62 heavy (non-hydrogen) atoms. The minimum atomic E-state index is 0.844. The summed E-state index contributed by atoms with van der Waals surface area (Å²) in [6.07, 6.45) is 0. The van der Waals surface area contributed by atoms with Crippen molar-refractivity contribution < 1.29 is 8.83 Å². The van der Waals surface area contributed by atoms with Crippen LogP contribution in [0, 0.1) is 0 Å². The summed E-state index contributed by atoms with van der Waals surface area (Å²) < 4.78 is 15.7. The molecule has 3 aromatic heterocycles. The summed E-state index contributed by atoms with van der Waals surface area (Å²) in [5.74, 6) is 0. The first-order chi connectivity index (χ1) is 30.8. The van der Waals surface area contributed by atoms with Crippen LogP contribution in [0.15, 0.2) is 227 Å². The normalized spacial score (nSPS) is 11.9. The Kier molecular flexibility index (Phi) is 7.57. The molecule has 4 heteroatoms. The summed E-state index contributed by atoms with van der Waals surface area (Å²) in [5.41, 5.74) is 14.5. The summed E-state index contributed by atoms with van der Waals surface area (Å²) >= 11 is 0. The Hall–Kier alpha value is -8.34. The zero-order chi connectivity index (χ0) is 40.7.